The predicted octanol–water partition coefficient (Wildman–Crippen LogP) is 8.60. The number of aromatic nitrogens is 1. The molecule has 2 heterocycles. The second-order valence-electron chi connectivity index (χ2n) is 8.62. The van der Waals surface area contributed by atoms with Gasteiger partial charge in [-0.15, -0.1) is 0 Å². The Morgan fingerprint density at radius 3 is 2.12 bits per heavy atom. The van der Waals surface area contributed by atoms with Crippen LogP contribution in [0, 0.1) is 35.0 Å². The second kappa shape index (κ2) is 10.6. The van der Waals surface area contributed by atoms with E-state index in [9.17, 15) is 39.5 Å². The molecule has 0 fully saturated rings. The van der Waals surface area contributed by atoms with Gasteiger partial charge in [-0.3, -0.25) is 0 Å². The van der Waals surface area contributed by atoms with Crippen molar-refractivity contribution >= 4 is 12.0 Å². The summed E-state index contributed by atoms with van der Waals surface area (Å²) in [5, 5.41) is 0. The summed E-state index contributed by atoms with van der Waals surface area (Å²) < 4.78 is 133. The maximum atomic E-state index is 13.9. The average molecular weight is 587 g/mol. The van der Waals surface area contributed by atoms with Gasteiger partial charge in [0.05, 0.1) is 29.1 Å². The monoisotopic (exact) mass is 587 g/mol. The Bertz CT molecular complexity index is 1560. The Kier molecular flexibility index (Phi) is 7.34. The lowest BCUT2D eigenvalue weighted by atomic mass is 9.82. The summed E-state index contributed by atoms with van der Waals surface area (Å²) in [5.41, 5.74) is 0.596. The van der Waals surface area contributed by atoms with Crippen LogP contribution >= 0.6 is 12.0 Å². The third kappa shape index (κ3) is 5.17. The molecule has 3 aromatic carbocycles. The Hall–Kier alpha value is -3.87. The first-order valence-electron chi connectivity index (χ1n) is 11.4. The molecule has 3 nitrogen and oxygen atoms in total. The molecule has 4 aromatic rings. The van der Waals surface area contributed by atoms with Crippen molar-refractivity contribution < 1.29 is 48.4 Å². The van der Waals surface area contributed by atoms with E-state index in [0.29, 0.717) is 29.6 Å². The van der Waals surface area contributed by atoms with Gasteiger partial charge in [0.25, 0.3) is 0 Å². The van der Waals surface area contributed by atoms with Gasteiger partial charge in [0, 0.05) is 23.2 Å². The van der Waals surface area contributed by atoms with E-state index in [0.717, 1.165) is 24.4 Å². The Labute approximate surface area is 224 Å². The molecule has 1 aliphatic rings. The number of fused-ring (bicyclic) bond motifs is 1. The van der Waals surface area contributed by atoms with Crippen LogP contribution in [0.15, 0.2) is 59.6 Å². The lowest BCUT2D eigenvalue weighted by molar-refractivity contribution is -0.137. The molecule has 0 saturated carbocycles. The van der Waals surface area contributed by atoms with Crippen LogP contribution in [-0.2, 0) is 6.18 Å². The van der Waals surface area contributed by atoms with E-state index in [4.69, 9.17) is 8.92 Å². The highest BCUT2D eigenvalue weighted by molar-refractivity contribution is 7.95. The predicted molar refractivity (Wildman–Crippen MR) is 126 cm³/mol. The first-order valence-corrected chi connectivity index (χ1v) is 12.2. The maximum absolute atomic E-state index is 13.9. The number of benzene rings is 3. The molecule has 1 aliphatic heterocycles. The molecule has 0 aliphatic carbocycles. The van der Waals surface area contributed by atoms with Crippen LogP contribution in [-0.4, -0.2) is 11.6 Å². The second-order valence-corrected chi connectivity index (χ2v) is 9.43. The van der Waals surface area contributed by atoms with Crippen molar-refractivity contribution in [1.82, 2.24) is 4.98 Å². The van der Waals surface area contributed by atoms with Gasteiger partial charge in [0.2, 0.25) is 40.8 Å². The zero-order valence-electron chi connectivity index (χ0n) is 19.8. The summed E-state index contributed by atoms with van der Waals surface area (Å²) >= 11 is 0.316. The molecule has 0 N–H and O–H groups in total. The zero-order valence-corrected chi connectivity index (χ0v) is 20.6. The standard InChI is InChI=1S/C27H14F9NO2S/c28-20-6-1-12(11-37-20)18-9-13(27(34,35)36)2-4-15(18)16-7-8-38-19-10-14(3-5-17(16)19)40-39-26-24(32)22(30)21(29)23(31)25(26)33/h1-6,9-11,16H,7-8H2. The van der Waals surface area contributed by atoms with Gasteiger partial charge in [-0.1, -0.05) is 12.1 Å². The van der Waals surface area contributed by atoms with Crippen LogP contribution in [0.1, 0.15) is 29.0 Å². The smallest absolute Gasteiger partial charge is 0.416 e. The molecular weight excluding hydrogens is 573 g/mol. The van der Waals surface area contributed by atoms with Gasteiger partial charge in [-0.25, -0.2) is 18.2 Å². The molecule has 0 radical (unpaired) electrons. The summed E-state index contributed by atoms with van der Waals surface area (Å²) in [4.78, 5) is 3.73. The van der Waals surface area contributed by atoms with E-state index in [2.05, 4.69) is 4.98 Å². The van der Waals surface area contributed by atoms with Crippen LogP contribution < -0.4 is 8.92 Å². The fourth-order valence-electron chi connectivity index (χ4n) is 4.31. The molecule has 0 spiro atoms. The van der Waals surface area contributed by atoms with Crippen molar-refractivity contribution in [3.63, 3.8) is 0 Å². The van der Waals surface area contributed by atoms with Gasteiger partial charge < -0.3 is 8.92 Å². The number of nitrogens with zero attached hydrogens (tertiary/aromatic N) is 1. The normalized spacial score (nSPS) is 15.0. The fourth-order valence-corrected chi connectivity index (χ4v) is 4.92. The molecule has 5 rings (SSSR count). The van der Waals surface area contributed by atoms with Crippen molar-refractivity contribution in [2.45, 2.75) is 23.4 Å². The molecule has 0 saturated heterocycles. The first-order chi connectivity index (χ1) is 19.0. The number of hydrogen-bond acceptors (Lipinski definition) is 4. The molecule has 1 unspecified atom stereocenters. The fraction of sp³-hybridized carbons (Fsp3) is 0.148. The number of alkyl halides is 3. The summed E-state index contributed by atoms with van der Waals surface area (Å²) in [6.45, 7) is 0.145. The summed E-state index contributed by atoms with van der Waals surface area (Å²) in [5.74, 6) is -13.4. The maximum Gasteiger partial charge on any atom is 0.416 e. The van der Waals surface area contributed by atoms with Crippen LogP contribution in [0.25, 0.3) is 11.1 Å². The van der Waals surface area contributed by atoms with Crippen molar-refractivity contribution in [2.75, 3.05) is 6.61 Å². The molecule has 208 valence electrons. The third-order valence-electron chi connectivity index (χ3n) is 6.21. The van der Waals surface area contributed by atoms with Gasteiger partial charge in [0.1, 0.15) is 5.75 Å². The van der Waals surface area contributed by atoms with E-state index in [1.807, 2.05) is 0 Å². The van der Waals surface area contributed by atoms with Crippen LogP contribution in [0.4, 0.5) is 39.5 Å². The van der Waals surface area contributed by atoms with E-state index in [1.54, 1.807) is 6.07 Å². The highest BCUT2D eigenvalue weighted by Crippen LogP contribution is 2.45. The van der Waals surface area contributed by atoms with Crippen molar-refractivity contribution in [3.05, 3.63) is 106 Å². The van der Waals surface area contributed by atoms with Gasteiger partial charge in [0.15, 0.2) is 0 Å². The molecule has 1 atom stereocenters. The van der Waals surface area contributed by atoms with E-state index >= 15 is 0 Å². The number of ether oxygens (including phenoxy) is 1. The quantitative estimate of drug-likeness (QED) is 0.0770. The Morgan fingerprint density at radius 1 is 0.800 bits per heavy atom. The first kappa shape index (κ1) is 27.7. The van der Waals surface area contributed by atoms with E-state index < -0.39 is 58.4 Å². The number of pyridine rings is 1. The van der Waals surface area contributed by atoms with Gasteiger partial charge in [-0.2, -0.15) is 26.3 Å². The number of rotatable bonds is 5. The minimum atomic E-state index is -4.63. The number of hydrogen-bond donors (Lipinski definition) is 0. The molecule has 1 aromatic heterocycles. The highest BCUT2D eigenvalue weighted by atomic mass is 32.2. The minimum absolute atomic E-state index is 0.145. The molecule has 0 amide bonds. The number of halogens is 9. The lowest BCUT2D eigenvalue weighted by Crippen LogP contribution is -2.16. The minimum Gasteiger partial charge on any atom is -0.493 e. The van der Waals surface area contributed by atoms with Crippen molar-refractivity contribution in [1.29, 1.82) is 0 Å². The van der Waals surface area contributed by atoms with Gasteiger partial charge in [-0.05, 0) is 53.9 Å². The lowest BCUT2D eigenvalue weighted by Gasteiger charge is -2.28. The summed E-state index contributed by atoms with van der Waals surface area (Å²) in [6, 6.07) is 9.96. The van der Waals surface area contributed by atoms with Crippen LogP contribution in [0.2, 0.25) is 0 Å². The molecular formula is C27H14F9NO2S. The largest absolute Gasteiger partial charge is 0.493 e. The van der Waals surface area contributed by atoms with Gasteiger partial charge >= 0.3 is 6.18 Å². The van der Waals surface area contributed by atoms with E-state index in [-0.39, 0.29) is 28.4 Å². The van der Waals surface area contributed by atoms with Crippen LogP contribution in [0.3, 0.4) is 0 Å². The van der Waals surface area contributed by atoms with Crippen molar-refractivity contribution in [2.24, 2.45) is 0 Å². The third-order valence-corrected chi connectivity index (χ3v) is 6.91. The summed E-state index contributed by atoms with van der Waals surface area (Å²) in [7, 11) is 0. The SMILES string of the molecule is Fc1ccc(-c2cc(C(F)(F)F)ccc2C2CCOc3cc(SOc4c(F)c(F)c(F)c(F)c4F)ccc32)cn1. The topological polar surface area (TPSA) is 31.4 Å². The van der Waals surface area contributed by atoms with E-state index in [1.165, 1.54) is 24.3 Å². The highest BCUT2D eigenvalue weighted by Gasteiger charge is 2.33. The Morgan fingerprint density at radius 2 is 1.48 bits per heavy atom. The molecule has 0 bridgehead atoms. The van der Waals surface area contributed by atoms with Crippen molar-refractivity contribution in [3.8, 4) is 22.6 Å². The Balaban J connectivity index is 1.49. The zero-order chi connectivity index (χ0) is 28.8. The van der Waals surface area contributed by atoms with Crippen LogP contribution in [0.5, 0.6) is 11.5 Å². The summed E-state index contributed by atoms with van der Waals surface area (Å²) in [6.07, 6.45) is -3.13. The molecule has 13 heteroatoms. The molecule has 40 heavy (non-hydrogen) atoms. The average Bonchev–Trinajstić information content (AvgIpc) is 2.94.